The molecule has 2 aromatic rings. The SMILES string of the molecule is Cc1ccc2c(c1)CC(COc1ccc(I)cc1)O2. The van der Waals surface area contributed by atoms with Gasteiger partial charge in [0.2, 0.25) is 0 Å². The van der Waals surface area contributed by atoms with Crippen molar-refractivity contribution in [3.8, 4) is 11.5 Å². The van der Waals surface area contributed by atoms with Gasteiger partial charge in [-0.15, -0.1) is 0 Å². The first-order valence-corrected chi connectivity index (χ1v) is 7.43. The Balaban J connectivity index is 1.60. The van der Waals surface area contributed by atoms with Gasteiger partial charge >= 0.3 is 0 Å². The molecule has 0 radical (unpaired) electrons. The summed E-state index contributed by atoms with van der Waals surface area (Å²) in [6.45, 7) is 2.70. The fourth-order valence-electron chi connectivity index (χ4n) is 2.26. The van der Waals surface area contributed by atoms with E-state index in [-0.39, 0.29) is 6.10 Å². The summed E-state index contributed by atoms with van der Waals surface area (Å²) in [5, 5.41) is 0. The number of fused-ring (bicyclic) bond motifs is 1. The Kier molecular flexibility index (Phi) is 3.64. The maximum Gasteiger partial charge on any atom is 0.137 e. The minimum atomic E-state index is 0.121. The summed E-state index contributed by atoms with van der Waals surface area (Å²) in [6.07, 6.45) is 1.05. The van der Waals surface area contributed by atoms with E-state index >= 15 is 0 Å². The fourth-order valence-corrected chi connectivity index (χ4v) is 2.62. The van der Waals surface area contributed by atoms with E-state index < -0.39 is 0 Å². The largest absolute Gasteiger partial charge is 0.490 e. The third-order valence-electron chi connectivity index (χ3n) is 3.21. The first-order valence-electron chi connectivity index (χ1n) is 6.35. The Labute approximate surface area is 126 Å². The summed E-state index contributed by atoms with van der Waals surface area (Å²) in [7, 11) is 0. The first kappa shape index (κ1) is 12.8. The van der Waals surface area contributed by atoms with Crippen molar-refractivity contribution in [2.45, 2.75) is 19.4 Å². The van der Waals surface area contributed by atoms with Crippen molar-refractivity contribution in [1.29, 1.82) is 0 Å². The molecule has 3 rings (SSSR count). The predicted molar refractivity (Wildman–Crippen MR) is 84.0 cm³/mol. The van der Waals surface area contributed by atoms with Gasteiger partial charge in [0.25, 0.3) is 0 Å². The molecular weight excluding hydrogens is 351 g/mol. The van der Waals surface area contributed by atoms with Gasteiger partial charge in [0.05, 0.1) is 0 Å². The number of ether oxygens (including phenoxy) is 2. The molecule has 19 heavy (non-hydrogen) atoms. The van der Waals surface area contributed by atoms with Crippen molar-refractivity contribution in [2.24, 2.45) is 0 Å². The highest BCUT2D eigenvalue weighted by atomic mass is 127. The molecule has 0 saturated carbocycles. The van der Waals surface area contributed by atoms with E-state index in [1.807, 2.05) is 24.3 Å². The molecule has 0 amide bonds. The smallest absolute Gasteiger partial charge is 0.137 e. The summed E-state index contributed by atoms with van der Waals surface area (Å²) < 4.78 is 12.9. The standard InChI is InChI=1S/C16H15IO2/c1-11-2-7-16-12(8-11)9-15(19-16)10-18-14-5-3-13(17)4-6-14/h2-8,15H,9-10H2,1H3. The highest BCUT2D eigenvalue weighted by molar-refractivity contribution is 14.1. The van der Waals surface area contributed by atoms with Gasteiger partial charge in [0.15, 0.2) is 0 Å². The Hall–Kier alpha value is -1.23. The molecule has 1 unspecified atom stereocenters. The van der Waals surface area contributed by atoms with Gasteiger partial charge in [-0.1, -0.05) is 17.7 Å². The second kappa shape index (κ2) is 5.41. The number of rotatable bonds is 3. The van der Waals surface area contributed by atoms with Gasteiger partial charge in [-0.25, -0.2) is 0 Å². The minimum Gasteiger partial charge on any atom is -0.490 e. The molecule has 1 aliphatic heterocycles. The lowest BCUT2D eigenvalue weighted by Gasteiger charge is -2.12. The second-order valence-electron chi connectivity index (χ2n) is 4.82. The molecular formula is C16H15IO2. The van der Waals surface area contributed by atoms with Gasteiger partial charge in [-0.3, -0.25) is 0 Å². The van der Waals surface area contributed by atoms with Gasteiger partial charge in [-0.2, -0.15) is 0 Å². The molecule has 2 aromatic carbocycles. The first-order chi connectivity index (χ1) is 9.20. The van der Waals surface area contributed by atoms with Crippen LogP contribution >= 0.6 is 22.6 Å². The van der Waals surface area contributed by atoms with Gasteiger partial charge < -0.3 is 9.47 Å². The average Bonchev–Trinajstić information content (AvgIpc) is 2.80. The van der Waals surface area contributed by atoms with Crippen molar-refractivity contribution in [3.63, 3.8) is 0 Å². The molecule has 0 N–H and O–H groups in total. The zero-order valence-electron chi connectivity index (χ0n) is 10.7. The molecule has 1 aliphatic rings. The van der Waals surface area contributed by atoms with E-state index in [0.29, 0.717) is 6.61 Å². The number of aryl methyl sites for hydroxylation is 1. The fraction of sp³-hybridized carbons (Fsp3) is 0.250. The van der Waals surface area contributed by atoms with Crippen LogP contribution in [0.25, 0.3) is 0 Å². The number of hydrogen-bond acceptors (Lipinski definition) is 2. The summed E-state index contributed by atoms with van der Waals surface area (Å²) in [4.78, 5) is 0. The molecule has 3 heteroatoms. The zero-order chi connectivity index (χ0) is 13.2. The molecule has 98 valence electrons. The van der Waals surface area contributed by atoms with Crippen LogP contribution in [-0.2, 0) is 6.42 Å². The average molecular weight is 366 g/mol. The quantitative estimate of drug-likeness (QED) is 0.765. The van der Waals surface area contributed by atoms with Crippen molar-refractivity contribution in [3.05, 3.63) is 57.2 Å². The molecule has 0 spiro atoms. The molecule has 0 fully saturated rings. The lowest BCUT2D eigenvalue weighted by atomic mass is 10.1. The topological polar surface area (TPSA) is 18.5 Å². The van der Waals surface area contributed by atoms with Gasteiger partial charge in [-0.05, 0) is 65.4 Å². The Morgan fingerprint density at radius 1 is 1.21 bits per heavy atom. The van der Waals surface area contributed by atoms with Crippen LogP contribution in [0, 0.1) is 10.5 Å². The highest BCUT2D eigenvalue weighted by Crippen LogP contribution is 2.29. The monoisotopic (exact) mass is 366 g/mol. The summed E-state index contributed by atoms with van der Waals surface area (Å²) in [6, 6.07) is 14.4. The van der Waals surface area contributed by atoms with Crippen LogP contribution in [0.3, 0.4) is 0 Å². The molecule has 0 saturated heterocycles. The van der Waals surface area contributed by atoms with E-state index in [4.69, 9.17) is 9.47 Å². The van der Waals surface area contributed by atoms with E-state index in [1.165, 1.54) is 14.7 Å². The predicted octanol–water partition coefficient (Wildman–Crippen LogP) is 3.98. The molecule has 0 aromatic heterocycles. The summed E-state index contributed by atoms with van der Waals surface area (Å²) >= 11 is 2.29. The number of benzene rings is 2. The Bertz CT molecular complexity index is 578. The maximum atomic E-state index is 5.88. The minimum absolute atomic E-state index is 0.121. The summed E-state index contributed by atoms with van der Waals surface area (Å²) in [5.74, 6) is 1.90. The van der Waals surface area contributed by atoms with Crippen LogP contribution < -0.4 is 9.47 Å². The van der Waals surface area contributed by atoms with E-state index in [2.05, 4.69) is 47.7 Å². The Morgan fingerprint density at radius 2 is 2.00 bits per heavy atom. The van der Waals surface area contributed by atoms with Gasteiger partial charge in [0.1, 0.15) is 24.2 Å². The third kappa shape index (κ3) is 3.03. The normalized spacial score (nSPS) is 16.8. The maximum absolute atomic E-state index is 5.88. The highest BCUT2D eigenvalue weighted by Gasteiger charge is 2.23. The van der Waals surface area contributed by atoms with Crippen LogP contribution in [0.1, 0.15) is 11.1 Å². The molecule has 0 bridgehead atoms. The molecule has 0 aliphatic carbocycles. The zero-order valence-corrected chi connectivity index (χ0v) is 12.9. The van der Waals surface area contributed by atoms with Crippen LogP contribution in [0.4, 0.5) is 0 Å². The number of halogens is 1. The molecule has 1 atom stereocenters. The van der Waals surface area contributed by atoms with Crippen molar-refractivity contribution >= 4 is 22.6 Å². The van der Waals surface area contributed by atoms with Crippen LogP contribution in [0.2, 0.25) is 0 Å². The van der Waals surface area contributed by atoms with Crippen LogP contribution in [0.15, 0.2) is 42.5 Å². The van der Waals surface area contributed by atoms with Crippen molar-refractivity contribution in [1.82, 2.24) is 0 Å². The number of hydrogen-bond donors (Lipinski definition) is 0. The lowest BCUT2D eigenvalue weighted by Crippen LogP contribution is -2.22. The van der Waals surface area contributed by atoms with Crippen LogP contribution in [-0.4, -0.2) is 12.7 Å². The van der Waals surface area contributed by atoms with E-state index in [1.54, 1.807) is 0 Å². The molecule has 1 heterocycles. The molecule has 2 nitrogen and oxygen atoms in total. The van der Waals surface area contributed by atoms with Gasteiger partial charge in [0, 0.05) is 9.99 Å². The van der Waals surface area contributed by atoms with E-state index in [0.717, 1.165) is 17.9 Å². The summed E-state index contributed by atoms with van der Waals surface area (Å²) in [5.41, 5.74) is 2.57. The van der Waals surface area contributed by atoms with E-state index in [9.17, 15) is 0 Å². The second-order valence-corrected chi connectivity index (χ2v) is 6.07. The third-order valence-corrected chi connectivity index (χ3v) is 3.93. The Morgan fingerprint density at radius 3 is 2.79 bits per heavy atom. The van der Waals surface area contributed by atoms with Crippen LogP contribution in [0.5, 0.6) is 11.5 Å². The van der Waals surface area contributed by atoms with Crippen molar-refractivity contribution in [2.75, 3.05) is 6.61 Å². The lowest BCUT2D eigenvalue weighted by molar-refractivity contribution is 0.148. The van der Waals surface area contributed by atoms with Crippen molar-refractivity contribution < 1.29 is 9.47 Å².